The van der Waals surface area contributed by atoms with Crippen molar-refractivity contribution >= 4 is 17.7 Å². The van der Waals surface area contributed by atoms with Crippen LogP contribution in [0.4, 0.5) is 0 Å². The minimum absolute atomic E-state index is 1.10. The van der Waals surface area contributed by atoms with E-state index in [-0.39, 0.29) is 0 Å². The Kier molecular flexibility index (Phi) is 1.68. The summed E-state index contributed by atoms with van der Waals surface area (Å²) in [7, 11) is 0. The summed E-state index contributed by atoms with van der Waals surface area (Å²) >= 11 is 1.10. The van der Waals surface area contributed by atoms with Crippen LogP contribution in [0.5, 0.6) is 0 Å². The van der Waals surface area contributed by atoms with E-state index in [0.717, 1.165) is 11.8 Å². The zero-order chi connectivity index (χ0) is 7.61. The number of carboxylic acids is 1. The van der Waals surface area contributed by atoms with E-state index >= 15 is 0 Å². The molecule has 0 amide bonds. The molecule has 1 atom stereocenters. The van der Waals surface area contributed by atoms with Crippen LogP contribution in [0, 0.1) is 27.9 Å². The molecular formula is C6H3NO2S. The van der Waals surface area contributed by atoms with Crippen LogP contribution < -0.4 is 0 Å². The minimum atomic E-state index is -1.44. The van der Waals surface area contributed by atoms with Crippen molar-refractivity contribution in [3.8, 4) is 6.07 Å². The SMILES string of the molecule is N#CC1(C(=O)O)[CH]S[C]=C1. The van der Waals surface area contributed by atoms with Gasteiger partial charge in [-0.2, -0.15) is 5.26 Å². The average molecular weight is 153 g/mol. The maximum atomic E-state index is 10.4. The highest BCUT2D eigenvalue weighted by Gasteiger charge is 2.39. The molecule has 0 aromatic carbocycles. The third kappa shape index (κ3) is 0.888. The smallest absolute Gasteiger partial charge is 0.329 e. The zero-order valence-electron chi connectivity index (χ0n) is 4.87. The molecule has 2 radical (unpaired) electrons. The van der Waals surface area contributed by atoms with E-state index in [1.165, 1.54) is 11.8 Å². The normalized spacial score (nSPS) is 29.9. The lowest BCUT2D eigenvalue weighted by Gasteiger charge is -2.08. The Balaban J connectivity index is 2.92. The highest BCUT2D eigenvalue weighted by Crippen LogP contribution is 2.36. The van der Waals surface area contributed by atoms with Crippen molar-refractivity contribution in [2.75, 3.05) is 0 Å². The quantitative estimate of drug-likeness (QED) is 0.605. The molecule has 4 heteroatoms. The predicted molar refractivity (Wildman–Crippen MR) is 35.4 cm³/mol. The number of hydrogen-bond acceptors (Lipinski definition) is 3. The van der Waals surface area contributed by atoms with Gasteiger partial charge in [-0.05, 0) is 6.08 Å². The van der Waals surface area contributed by atoms with Crippen molar-refractivity contribution in [2.24, 2.45) is 5.41 Å². The molecule has 0 saturated heterocycles. The van der Waals surface area contributed by atoms with Gasteiger partial charge in [-0.15, -0.1) is 11.8 Å². The lowest BCUT2D eigenvalue weighted by molar-refractivity contribution is -0.141. The molecule has 0 bridgehead atoms. The molecule has 50 valence electrons. The van der Waals surface area contributed by atoms with Gasteiger partial charge >= 0.3 is 5.97 Å². The molecular weight excluding hydrogens is 150 g/mol. The van der Waals surface area contributed by atoms with Crippen LogP contribution in [0.2, 0.25) is 0 Å². The summed E-state index contributed by atoms with van der Waals surface area (Å²) in [4.78, 5) is 10.4. The summed E-state index contributed by atoms with van der Waals surface area (Å²) in [6, 6.07) is 1.68. The van der Waals surface area contributed by atoms with Crippen molar-refractivity contribution in [2.45, 2.75) is 0 Å². The first-order valence-corrected chi connectivity index (χ1v) is 3.34. The van der Waals surface area contributed by atoms with Crippen LogP contribution in [-0.4, -0.2) is 11.1 Å². The van der Waals surface area contributed by atoms with Gasteiger partial charge in [0.25, 0.3) is 0 Å². The molecule has 1 aliphatic rings. The zero-order valence-corrected chi connectivity index (χ0v) is 5.68. The molecule has 10 heavy (non-hydrogen) atoms. The highest BCUT2D eigenvalue weighted by atomic mass is 32.2. The summed E-state index contributed by atoms with van der Waals surface area (Å²) in [6.45, 7) is 0. The van der Waals surface area contributed by atoms with Crippen molar-refractivity contribution < 1.29 is 9.90 Å². The molecule has 0 fully saturated rings. The number of nitriles is 1. The Morgan fingerprint density at radius 3 is 2.80 bits per heavy atom. The van der Waals surface area contributed by atoms with Gasteiger partial charge in [0.1, 0.15) is 0 Å². The second-order valence-electron chi connectivity index (χ2n) is 1.78. The van der Waals surface area contributed by atoms with E-state index in [9.17, 15) is 4.79 Å². The van der Waals surface area contributed by atoms with Gasteiger partial charge in [0.2, 0.25) is 0 Å². The molecule has 3 nitrogen and oxygen atoms in total. The standard InChI is InChI=1S/C6H3NO2S/c7-3-6(5(8)9)1-2-10-4-6/h1,4H,(H,8,9). The second kappa shape index (κ2) is 2.35. The molecule has 1 heterocycles. The number of aliphatic carboxylic acids is 1. The van der Waals surface area contributed by atoms with Gasteiger partial charge in [0.05, 0.1) is 11.8 Å². The summed E-state index contributed by atoms with van der Waals surface area (Å²) in [5.41, 5.74) is -1.44. The van der Waals surface area contributed by atoms with Gasteiger partial charge in [-0.25, -0.2) is 0 Å². The molecule has 1 unspecified atom stereocenters. The van der Waals surface area contributed by atoms with Gasteiger partial charge in [-0.1, -0.05) is 0 Å². The maximum Gasteiger partial charge on any atom is 0.329 e. The third-order valence-corrected chi connectivity index (χ3v) is 1.88. The Morgan fingerprint density at radius 1 is 1.90 bits per heavy atom. The number of nitrogens with zero attached hydrogens (tertiary/aromatic N) is 1. The van der Waals surface area contributed by atoms with Crippen molar-refractivity contribution in [1.82, 2.24) is 0 Å². The first-order valence-electron chi connectivity index (χ1n) is 2.46. The molecule has 0 spiro atoms. The number of carbonyl (C=O) groups is 1. The largest absolute Gasteiger partial charge is 0.480 e. The summed E-state index contributed by atoms with van der Waals surface area (Å²) < 4.78 is 0. The van der Waals surface area contributed by atoms with Crippen LogP contribution >= 0.6 is 11.8 Å². The number of rotatable bonds is 1. The number of hydrogen-bond donors (Lipinski definition) is 1. The predicted octanol–water partition coefficient (Wildman–Crippen LogP) is 0.806. The molecule has 0 saturated carbocycles. The maximum absolute atomic E-state index is 10.4. The molecule has 1 aliphatic heterocycles. The van der Waals surface area contributed by atoms with E-state index in [4.69, 9.17) is 10.4 Å². The summed E-state index contributed by atoms with van der Waals surface area (Å²) in [5.74, 6) is 0.197. The first kappa shape index (κ1) is 7.16. The molecule has 1 rings (SSSR count). The Bertz CT molecular complexity index is 230. The summed E-state index contributed by atoms with van der Waals surface area (Å²) in [6.07, 6.45) is 1.25. The van der Waals surface area contributed by atoms with Crippen LogP contribution in [0.3, 0.4) is 0 Å². The van der Waals surface area contributed by atoms with Gasteiger partial charge in [0, 0.05) is 5.41 Å². The fraction of sp³-hybridized carbons (Fsp3) is 0.167. The van der Waals surface area contributed by atoms with Gasteiger partial charge in [-0.3, -0.25) is 4.79 Å². The van der Waals surface area contributed by atoms with Gasteiger partial charge in [0.15, 0.2) is 5.41 Å². The van der Waals surface area contributed by atoms with E-state index < -0.39 is 11.4 Å². The van der Waals surface area contributed by atoms with Crippen molar-refractivity contribution in [3.05, 3.63) is 17.2 Å². The van der Waals surface area contributed by atoms with Crippen LogP contribution in [0.15, 0.2) is 6.08 Å². The molecule has 0 aliphatic carbocycles. The minimum Gasteiger partial charge on any atom is -0.480 e. The van der Waals surface area contributed by atoms with Gasteiger partial charge < -0.3 is 5.11 Å². The summed E-state index contributed by atoms with van der Waals surface area (Å²) in [5, 5.41) is 19.5. The lowest BCUT2D eigenvalue weighted by atomic mass is 9.93. The first-order chi connectivity index (χ1) is 4.71. The monoisotopic (exact) mass is 153 g/mol. The Labute approximate surface area is 62.3 Å². The third-order valence-electron chi connectivity index (χ3n) is 1.14. The van der Waals surface area contributed by atoms with Crippen molar-refractivity contribution in [3.63, 3.8) is 0 Å². The van der Waals surface area contributed by atoms with Crippen molar-refractivity contribution in [1.29, 1.82) is 5.26 Å². The average Bonchev–Trinajstić information content (AvgIpc) is 2.35. The van der Waals surface area contributed by atoms with E-state index in [1.807, 2.05) is 0 Å². The van der Waals surface area contributed by atoms with E-state index in [2.05, 4.69) is 5.41 Å². The van der Waals surface area contributed by atoms with Crippen LogP contribution in [0.1, 0.15) is 0 Å². The van der Waals surface area contributed by atoms with Crippen LogP contribution in [0.25, 0.3) is 0 Å². The Hall–Kier alpha value is -0.950. The Morgan fingerprint density at radius 2 is 2.60 bits per heavy atom. The number of thioether (sulfide) groups is 1. The lowest BCUT2D eigenvalue weighted by Crippen LogP contribution is -2.24. The fourth-order valence-electron chi connectivity index (χ4n) is 0.507. The number of carboxylic acid groups (broad SMARTS) is 1. The van der Waals surface area contributed by atoms with E-state index in [1.54, 1.807) is 6.07 Å². The highest BCUT2D eigenvalue weighted by molar-refractivity contribution is 8.03. The van der Waals surface area contributed by atoms with Crippen LogP contribution in [-0.2, 0) is 4.79 Å². The fourth-order valence-corrected chi connectivity index (χ4v) is 1.24. The topological polar surface area (TPSA) is 61.1 Å². The second-order valence-corrected chi connectivity index (χ2v) is 2.49. The van der Waals surface area contributed by atoms with E-state index in [0.29, 0.717) is 0 Å². The molecule has 1 N–H and O–H groups in total. The molecule has 0 aromatic rings. The molecule has 0 aromatic heterocycles.